The van der Waals surface area contributed by atoms with Crippen molar-refractivity contribution in [2.75, 3.05) is 6.61 Å². The molecular formula is C12H19NOS2. The standard InChI is InChI=1S/C12H19NOS2/c1-3-9(7-14)13-11-6-8(2)16-12-10(11)4-5-15-12/h4-5,8-9,11,13-14H,3,6-7H2,1-2H3/t8-,9?,11?/m0/s1. The van der Waals surface area contributed by atoms with Crippen molar-refractivity contribution < 1.29 is 5.11 Å². The molecule has 2 unspecified atom stereocenters. The Labute approximate surface area is 105 Å². The number of thioether (sulfide) groups is 1. The Kier molecular flexibility index (Phi) is 4.30. The Balaban J connectivity index is 2.11. The lowest BCUT2D eigenvalue weighted by molar-refractivity contribution is 0.224. The van der Waals surface area contributed by atoms with E-state index in [4.69, 9.17) is 0 Å². The SMILES string of the molecule is CCC(CO)NC1C[C@H](C)Sc2sccc21. The van der Waals surface area contributed by atoms with Gasteiger partial charge in [0.05, 0.1) is 10.8 Å². The molecular weight excluding hydrogens is 238 g/mol. The highest BCUT2D eigenvalue weighted by atomic mass is 32.2. The number of thiophene rings is 1. The molecule has 4 heteroatoms. The molecule has 0 saturated carbocycles. The van der Waals surface area contributed by atoms with Crippen molar-refractivity contribution in [1.82, 2.24) is 5.32 Å². The molecule has 0 aliphatic carbocycles. The zero-order chi connectivity index (χ0) is 11.5. The van der Waals surface area contributed by atoms with Gasteiger partial charge in [-0.05, 0) is 29.9 Å². The number of aliphatic hydroxyl groups is 1. The summed E-state index contributed by atoms with van der Waals surface area (Å²) in [7, 11) is 0. The molecule has 2 N–H and O–H groups in total. The first-order valence-electron chi connectivity index (χ1n) is 5.85. The van der Waals surface area contributed by atoms with Crippen LogP contribution >= 0.6 is 23.1 Å². The fraction of sp³-hybridized carbons (Fsp3) is 0.667. The van der Waals surface area contributed by atoms with Gasteiger partial charge in [-0.3, -0.25) is 0 Å². The van der Waals surface area contributed by atoms with E-state index >= 15 is 0 Å². The van der Waals surface area contributed by atoms with Crippen LogP contribution in [0.2, 0.25) is 0 Å². The third kappa shape index (κ3) is 2.62. The van der Waals surface area contributed by atoms with Crippen LogP contribution in [0.15, 0.2) is 15.7 Å². The summed E-state index contributed by atoms with van der Waals surface area (Å²) in [6.45, 7) is 4.62. The minimum atomic E-state index is 0.230. The summed E-state index contributed by atoms with van der Waals surface area (Å²) in [6.07, 6.45) is 2.14. The first-order valence-corrected chi connectivity index (χ1v) is 7.61. The van der Waals surface area contributed by atoms with Gasteiger partial charge in [0.1, 0.15) is 0 Å². The third-order valence-corrected chi connectivity index (χ3v) is 5.40. The van der Waals surface area contributed by atoms with Crippen molar-refractivity contribution in [2.45, 2.75) is 48.2 Å². The maximum Gasteiger partial charge on any atom is 0.0649 e. The van der Waals surface area contributed by atoms with Gasteiger partial charge in [0.25, 0.3) is 0 Å². The van der Waals surface area contributed by atoms with E-state index in [0.29, 0.717) is 11.3 Å². The van der Waals surface area contributed by atoms with E-state index in [0.717, 1.165) is 12.8 Å². The fourth-order valence-corrected chi connectivity index (χ4v) is 4.66. The second-order valence-electron chi connectivity index (χ2n) is 4.33. The van der Waals surface area contributed by atoms with Crippen LogP contribution in [0.25, 0.3) is 0 Å². The van der Waals surface area contributed by atoms with E-state index in [2.05, 4.69) is 30.6 Å². The highest BCUT2D eigenvalue weighted by molar-refractivity contribution is 8.01. The molecule has 0 saturated heterocycles. The van der Waals surface area contributed by atoms with Crippen molar-refractivity contribution in [2.24, 2.45) is 0 Å². The fourth-order valence-electron chi connectivity index (χ4n) is 2.09. The highest BCUT2D eigenvalue weighted by Gasteiger charge is 2.27. The minimum Gasteiger partial charge on any atom is -0.395 e. The molecule has 90 valence electrons. The lowest BCUT2D eigenvalue weighted by atomic mass is 10.0. The van der Waals surface area contributed by atoms with Crippen molar-refractivity contribution in [3.05, 3.63) is 17.0 Å². The molecule has 1 aliphatic heterocycles. The average molecular weight is 257 g/mol. The lowest BCUT2D eigenvalue weighted by Crippen LogP contribution is -2.37. The minimum absolute atomic E-state index is 0.230. The van der Waals surface area contributed by atoms with E-state index in [9.17, 15) is 5.11 Å². The predicted molar refractivity (Wildman–Crippen MR) is 71.3 cm³/mol. The van der Waals surface area contributed by atoms with Crippen molar-refractivity contribution in [1.29, 1.82) is 0 Å². The average Bonchev–Trinajstić information content (AvgIpc) is 2.73. The smallest absolute Gasteiger partial charge is 0.0649 e. The molecule has 2 nitrogen and oxygen atoms in total. The number of hydrogen-bond acceptors (Lipinski definition) is 4. The quantitative estimate of drug-likeness (QED) is 0.869. The van der Waals surface area contributed by atoms with E-state index < -0.39 is 0 Å². The van der Waals surface area contributed by atoms with E-state index in [1.807, 2.05) is 23.1 Å². The molecule has 0 aromatic carbocycles. The molecule has 1 aliphatic rings. The molecule has 2 heterocycles. The summed E-state index contributed by atoms with van der Waals surface area (Å²) in [5, 5.41) is 15.7. The summed E-state index contributed by atoms with van der Waals surface area (Å²) < 4.78 is 1.45. The van der Waals surface area contributed by atoms with Gasteiger partial charge in [-0.1, -0.05) is 13.8 Å². The van der Waals surface area contributed by atoms with Crippen LogP contribution < -0.4 is 5.32 Å². The van der Waals surface area contributed by atoms with Crippen molar-refractivity contribution in [3.63, 3.8) is 0 Å². The highest BCUT2D eigenvalue weighted by Crippen LogP contribution is 2.43. The molecule has 1 aromatic rings. The summed E-state index contributed by atoms with van der Waals surface area (Å²) in [5.74, 6) is 0. The molecule has 0 radical (unpaired) electrons. The lowest BCUT2D eigenvalue weighted by Gasteiger charge is -2.30. The third-order valence-electron chi connectivity index (χ3n) is 3.06. The van der Waals surface area contributed by atoms with Gasteiger partial charge in [0.2, 0.25) is 0 Å². The molecule has 3 atom stereocenters. The maximum absolute atomic E-state index is 9.26. The molecule has 1 aromatic heterocycles. The Bertz CT molecular complexity index is 336. The Morgan fingerprint density at radius 2 is 2.44 bits per heavy atom. The monoisotopic (exact) mass is 257 g/mol. The Hall–Kier alpha value is -0.0300. The summed E-state index contributed by atoms with van der Waals surface area (Å²) in [6, 6.07) is 2.88. The van der Waals surface area contributed by atoms with Crippen LogP contribution in [-0.2, 0) is 0 Å². The molecule has 0 spiro atoms. The topological polar surface area (TPSA) is 32.3 Å². The summed E-state index contributed by atoms with van der Waals surface area (Å²) in [4.78, 5) is 0. The van der Waals surface area contributed by atoms with Crippen LogP contribution in [0.4, 0.5) is 0 Å². The van der Waals surface area contributed by atoms with Gasteiger partial charge in [-0.25, -0.2) is 0 Å². The van der Waals surface area contributed by atoms with E-state index in [1.165, 1.54) is 9.77 Å². The van der Waals surface area contributed by atoms with Crippen molar-refractivity contribution in [3.8, 4) is 0 Å². The number of fused-ring (bicyclic) bond motifs is 1. The summed E-state index contributed by atoms with van der Waals surface area (Å²) in [5.41, 5.74) is 1.43. The molecule has 16 heavy (non-hydrogen) atoms. The number of rotatable bonds is 4. The number of aliphatic hydroxyl groups excluding tert-OH is 1. The zero-order valence-corrected chi connectivity index (χ0v) is 11.4. The predicted octanol–water partition coefficient (Wildman–Crippen LogP) is 3.03. The Morgan fingerprint density at radius 3 is 3.12 bits per heavy atom. The largest absolute Gasteiger partial charge is 0.395 e. The van der Waals surface area contributed by atoms with E-state index in [-0.39, 0.29) is 12.6 Å². The van der Waals surface area contributed by atoms with Crippen LogP contribution in [0, 0.1) is 0 Å². The second kappa shape index (κ2) is 5.54. The Morgan fingerprint density at radius 1 is 1.62 bits per heavy atom. The van der Waals surface area contributed by atoms with Gasteiger partial charge < -0.3 is 10.4 Å². The van der Waals surface area contributed by atoms with Crippen LogP contribution in [0.5, 0.6) is 0 Å². The van der Waals surface area contributed by atoms with Gasteiger partial charge in [0.15, 0.2) is 0 Å². The van der Waals surface area contributed by atoms with Gasteiger partial charge in [-0.15, -0.1) is 23.1 Å². The second-order valence-corrected chi connectivity index (χ2v) is 6.96. The molecule has 0 fully saturated rings. The summed E-state index contributed by atoms with van der Waals surface area (Å²) >= 11 is 3.82. The number of nitrogens with one attached hydrogen (secondary N) is 1. The van der Waals surface area contributed by atoms with E-state index in [1.54, 1.807) is 0 Å². The van der Waals surface area contributed by atoms with Gasteiger partial charge >= 0.3 is 0 Å². The van der Waals surface area contributed by atoms with Gasteiger partial charge in [-0.2, -0.15) is 0 Å². The first-order chi connectivity index (χ1) is 7.74. The molecule has 0 bridgehead atoms. The van der Waals surface area contributed by atoms with Crippen LogP contribution in [0.1, 0.15) is 38.3 Å². The number of hydrogen-bond donors (Lipinski definition) is 2. The maximum atomic E-state index is 9.26. The normalized spacial score (nSPS) is 26.4. The zero-order valence-electron chi connectivity index (χ0n) is 9.77. The van der Waals surface area contributed by atoms with Crippen molar-refractivity contribution >= 4 is 23.1 Å². The molecule has 0 amide bonds. The van der Waals surface area contributed by atoms with Crippen LogP contribution in [0.3, 0.4) is 0 Å². The molecule has 2 rings (SSSR count). The first kappa shape index (κ1) is 12.4. The van der Waals surface area contributed by atoms with Gasteiger partial charge in [0, 0.05) is 17.3 Å². The van der Waals surface area contributed by atoms with Crippen LogP contribution in [-0.4, -0.2) is 23.0 Å².